The van der Waals surface area contributed by atoms with Gasteiger partial charge in [-0.1, -0.05) is 48.5 Å². The molecule has 3 heterocycles. The largest absolute Gasteiger partial charge is 0.422 e. The fourth-order valence-electron chi connectivity index (χ4n) is 5.37. The molecule has 0 radical (unpaired) electrons. The SMILES string of the molecule is CN1CC2(C(=O)OC(C)(C)OC2=O)C(c2ccccc2)C12C(=O)Nc1ccccc12. The highest BCUT2D eigenvalue weighted by Gasteiger charge is 2.75. The number of hydrogen-bond donors (Lipinski definition) is 1. The maximum Gasteiger partial charge on any atom is 0.328 e. The summed E-state index contributed by atoms with van der Waals surface area (Å²) in [5, 5.41) is 2.94. The fraction of sp³-hybridized carbons (Fsp3) is 0.348. The van der Waals surface area contributed by atoms with Crippen molar-refractivity contribution in [2.45, 2.75) is 31.1 Å². The van der Waals surface area contributed by atoms with Crippen LogP contribution in [0.1, 0.15) is 30.9 Å². The number of nitrogens with one attached hydrogen (secondary N) is 1. The average Bonchev–Trinajstić information content (AvgIpc) is 3.14. The molecule has 2 unspecified atom stereocenters. The lowest BCUT2D eigenvalue weighted by Crippen LogP contribution is -2.58. The van der Waals surface area contributed by atoms with Gasteiger partial charge in [-0.2, -0.15) is 0 Å². The first-order valence-electron chi connectivity index (χ1n) is 9.87. The summed E-state index contributed by atoms with van der Waals surface area (Å²) >= 11 is 0. The predicted octanol–water partition coefficient (Wildman–Crippen LogP) is 2.39. The molecule has 0 aliphatic carbocycles. The second-order valence-corrected chi connectivity index (χ2v) is 8.62. The Kier molecular flexibility index (Phi) is 3.71. The van der Waals surface area contributed by atoms with Gasteiger partial charge in [-0.3, -0.25) is 19.3 Å². The van der Waals surface area contributed by atoms with Crippen molar-refractivity contribution in [3.63, 3.8) is 0 Å². The Bertz CT molecular complexity index is 1060. The second-order valence-electron chi connectivity index (χ2n) is 8.62. The third kappa shape index (κ3) is 2.15. The minimum absolute atomic E-state index is 0.00205. The number of anilines is 1. The third-order valence-corrected chi connectivity index (χ3v) is 6.47. The molecular formula is C23H22N2O5. The van der Waals surface area contributed by atoms with E-state index < -0.39 is 34.6 Å². The first-order chi connectivity index (χ1) is 14.2. The Morgan fingerprint density at radius 1 is 0.933 bits per heavy atom. The van der Waals surface area contributed by atoms with Gasteiger partial charge in [0.2, 0.25) is 5.91 Å². The highest BCUT2D eigenvalue weighted by molar-refractivity contribution is 6.11. The zero-order chi connectivity index (χ0) is 21.3. The summed E-state index contributed by atoms with van der Waals surface area (Å²) in [5.74, 6) is -3.79. The minimum Gasteiger partial charge on any atom is -0.422 e. The van der Waals surface area contributed by atoms with Crippen molar-refractivity contribution in [1.82, 2.24) is 4.90 Å². The quantitative estimate of drug-likeness (QED) is 0.578. The van der Waals surface area contributed by atoms with Crippen LogP contribution in [0.5, 0.6) is 0 Å². The van der Waals surface area contributed by atoms with Crippen molar-refractivity contribution >= 4 is 23.5 Å². The maximum absolute atomic E-state index is 13.6. The van der Waals surface area contributed by atoms with Gasteiger partial charge >= 0.3 is 11.9 Å². The van der Waals surface area contributed by atoms with Crippen molar-refractivity contribution < 1.29 is 23.9 Å². The van der Waals surface area contributed by atoms with E-state index in [-0.39, 0.29) is 12.5 Å². The van der Waals surface area contributed by atoms with Crippen LogP contribution in [0.4, 0.5) is 5.69 Å². The molecule has 1 amide bonds. The van der Waals surface area contributed by atoms with Gasteiger partial charge < -0.3 is 14.8 Å². The Hall–Kier alpha value is -3.19. The summed E-state index contributed by atoms with van der Waals surface area (Å²) in [6, 6.07) is 16.6. The molecule has 5 rings (SSSR count). The van der Waals surface area contributed by atoms with E-state index in [1.807, 2.05) is 54.6 Å². The van der Waals surface area contributed by atoms with Crippen LogP contribution in [0.25, 0.3) is 0 Å². The third-order valence-electron chi connectivity index (χ3n) is 6.47. The Balaban J connectivity index is 1.81. The highest BCUT2D eigenvalue weighted by Crippen LogP contribution is 2.62. The number of esters is 2. The van der Waals surface area contributed by atoms with Crippen molar-refractivity contribution in [1.29, 1.82) is 0 Å². The molecule has 3 aliphatic heterocycles. The Morgan fingerprint density at radius 2 is 1.53 bits per heavy atom. The molecule has 2 fully saturated rings. The molecule has 2 aromatic rings. The van der Waals surface area contributed by atoms with Gasteiger partial charge in [-0.15, -0.1) is 0 Å². The zero-order valence-corrected chi connectivity index (χ0v) is 17.0. The molecule has 3 aliphatic rings. The van der Waals surface area contributed by atoms with E-state index in [0.717, 1.165) is 5.56 Å². The number of cyclic esters (lactones) is 2. The van der Waals surface area contributed by atoms with E-state index in [0.29, 0.717) is 11.3 Å². The van der Waals surface area contributed by atoms with Crippen molar-refractivity contribution in [3.05, 3.63) is 65.7 Å². The number of carbonyl (C=O) groups is 3. The first kappa shape index (κ1) is 18.8. The monoisotopic (exact) mass is 406 g/mol. The van der Waals surface area contributed by atoms with Crippen LogP contribution in [0.2, 0.25) is 0 Å². The number of para-hydroxylation sites is 1. The van der Waals surface area contributed by atoms with Crippen molar-refractivity contribution in [2.75, 3.05) is 18.9 Å². The summed E-state index contributed by atoms with van der Waals surface area (Å²) in [7, 11) is 1.76. The van der Waals surface area contributed by atoms with Gasteiger partial charge in [0, 0.05) is 37.6 Å². The number of nitrogens with zero attached hydrogens (tertiary/aromatic N) is 1. The molecule has 2 spiro atoms. The number of hydrogen-bond acceptors (Lipinski definition) is 6. The normalized spacial score (nSPS) is 28.9. The fourth-order valence-corrected chi connectivity index (χ4v) is 5.37. The van der Waals surface area contributed by atoms with E-state index in [1.165, 1.54) is 13.8 Å². The standard InChI is InChI=1S/C23H22N2O5/c1-21(2)29-19(27)22(20(28)30-21)13-25(3)23(17(22)14-9-5-4-6-10-14)15-11-7-8-12-16(15)24-18(23)26/h4-12,17H,13H2,1-3H3,(H,24,26). The molecule has 154 valence electrons. The number of amides is 1. The zero-order valence-electron chi connectivity index (χ0n) is 17.0. The van der Waals surface area contributed by atoms with Gasteiger partial charge in [-0.25, -0.2) is 0 Å². The molecular weight excluding hydrogens is 384 g/mol. The van der Waals surface area contributed by atoms with Gasteiger partial charge in [0.05, 0.1) is 0 Å². The smallest absolute Gasteiger partial charge is 0.328 e. The van der Waals surface area contributed by atoms with Gasteiger partial charge in [0.25, 0.3) is 5.79 Å². The van der Waals surface area contributed by atoms with Crippen LogP contribution >= 0.6 is 0 Å². The van der Waals surface area contributed by atoms with E-state index in [9.17, 15) is 14.4 Å². The first-order valence-corrected chi connectivity index (χ1v) is 9.87. The molecule has 2 aromatic carbocycles. The molecule has 0 saturated carbocycles. The number of fused-ring (bicyclic) bond motifs is 2. The lowest BCUT2D eigenvalue weighted by atomic mass is 9.64. The number of likely N-dealkylation sites (tertiary alicyclic amines) is 1. The highest BCUT2D eigenvalue weighted by atomic mass is 16.7. The Morgan fingerprint density at radius 3 is 2.20 bits per heavy atom. The van der Waals surface area contributed by atoms with Crippen LogP contribution in [0, 0.1) is 5.41 Å². The molecule has 1 N–H and O–H groups in total. The summed E-state index contributed by atoms with van der Waals surface area (Å²) in [6.07, 6.45) is 0. The van der Waals surface area contributed by atoms with Crippen molar-refractivity contribution in [3.8, 4) is 0 Å². The summed E-state index contributed by atoms with van der Waals surface area (Å²) < 4.78 is 11.1. The number of ether oxygens (including phenoxy) is 2. The predicted molar refractivity (Wildman–Crippen MR) is 107 cm³/mol. The Labute approximate surface area is 174 Å². The lowest BCUT2D eigenvalue weighted by Gasteiger charge is -2.43. The van der Waals surface area contributed by atoms with Gasteiger partial charge in [-0.05, 0) is 18.7 Å². The van der Waals surface area contributed by atoms with E-state index in [2.05, 4.69) is 5.32 Å². The van der Waals surface area contributed by atoms with Crippen LogP contribution in [-0.2, 0) is 29.4 Å². The van der Waals surface area contributed by atoms with Gasteiger partial charge in [0.15, 0.2) is 5.41 Å². The number of likely N-dealkylation sites (N-methyl/N-ethyl adjacent to an activating group) is 1. The number of benzene rings is 2. The summed E-state index contributed by atoms with van der Waals surface area (Å²) in [4.78, 5) is 42.2. The summed E-state index contributed by atoms with van der Waals surface area (Å²) in [5.41, 5.74) is -0.820. The number of rotatable bonds is 1. The van der Waals surface area contributed by atoms with Crippen LogP contribution in [0.15, 0.2) is 54.6 Å². The molecule has 30 heavy (non-hydrogen) atoms. The average molecular weight is 406 g/mol. The van der Waals surface area contributed by atoms with E-state index in [1.54, 1.807) is 11.9 Å². The van der Waals surface area contributed by atoms with E-state index >= 15 is 0 Å². The van der Waals surface area contributed by atoms with E-state index in [4.69, 9.17) is 9.47 Å². The van der Waals surface area contributed by atoms with Gasteiger partial charge in [0.1, 0.15) is 5.54 Å². The lowest BCUT2D eigenvalue weighted by molar-refractivity contribution is -0.251. The molecule has 7 nitrogen and oxygen atoms in total. The van der Waals surface area contributed by atoms with Crippen LogP contribution in [-0.4, -0.2) is 42.1 Å². The second kappa shape index (κ2) is 5.92. The van der Waals surface area contributed by atoms with Crippen molar-refractivity contribution in [2.24, 2.45) is 5.41 Å². The minimum atomic E-state index is -1.67. The van der Waals surface area contributed by atoms with Crippen LogP contribution < -0.4 is 5.32 Å². The maximum atomic E-state index is 13.6. The molecule has 0 aromatic heterocycles. The molecule has 2 atom stereocenters. The molecule has 0 bridgehead atoms. The number of carbonyl (C=O) groups excluding carboxylic acids is 3. The molecule has 7 heteroatoms. The van der Waals surface area contributed by atoms with Crippen LogP contribution in [0.3, 0.4) is 0 Å². The topological polar surface area (TPSA) is 84.9 Å². The summed E-state index contributed by atoms with van der Waals surface area (Å²) in [6.45, 7) is 3.06. The molecule has 2 saturated heterocycles.